The zero-order valence-corrected chi connectivity index (χ0v) is 14.7. The fourth-order valence-corrected chi connectivity index (χ4v) is 3.38. The summed E-state index contributed by atoms with van der Waals surface area (Å²) in [4.78, 5) is 24.0. The lowest BCUT2D eigenvalue weighted by molar-refractivity contribution is -0.123. The fraction of sp³-hybridized carbons (Fsp3) is 0.579. The van der Waals surface area contributed by atoms with Crippen molar-refractivity contribution in [2.45, 2.75) is 44.9 Å². The Hall–Kier alpha value is -1.95. The zero-order chi connectivity index (χ0) is 18.1. The van der Waals surface area contributed by atoms with E-state index in [0.29, 0.717) is 38.0 Å². The first kappa shape index (κ1) is 19.4. The van der Waals surface area contributed by atoms with Crippen LogP contribution in [0, 0.1) is 11.2 Å². The third kappa shape index (κ3) is 6.12. The van der Waals surface area contributed by atoms with E-state index < -0.39 is 0 Å². The van der Waals surface area contributed by atoms with Gasteiger partial charge in [0.1, 0.15) is 5.82 Å². The lowest BCUT2D eigenvalue weighted by atomic mass is 9.71. The Kier molecular flexibility index (Phi) is 7.37. The highest BCUT2D eigenvalue weighted by Gasteiger charge is 2.32. The molecule has 0 bridgehead atoms. The Morgan fingerprint density at radius 1 is 1.04 bits per heavy atom. The van der Waals surface area contributed by atoms with Crippen molar-refractivity contribution in [1.82, 2.24) is 10.6 Å². The number of carbonyl (C=O) groups is 2. The van der Waals surface area contributed by atoms with E-state index in [0.717, 1.165) is 25.7 Å². The van der Waals surface area contributed by atoms with Gasteiger partial charge in [-0.25, -0.2) is 4.39 Å². The first-order chi connectivity index (χ1) is 12.0. The SMILES string of the molecule is NCC1(CC(=O)NCCCNC(=O)c2ccc(F)cc2)CCCCC1. The minimum absolute atomic E-state index is 0.0286. The molecule has 0 aliphatic heterocycles. The molecule has 0 heterocycles. The summed E-state index contributed by atoms with van der Waals surface area (Å²) in [5, 5.41) is 5.67. The van der Waals surface area contributed by atoms with Gasteiger partial charge in [-0.1, -0.05) is 19.3 Å². The van der Waals surface area contributed by atoms with Crippen LogP contribution in [0.2, 0.25) is 0 Å². The number of halogens is 1. The lowest BCUT2D eigenvalue weighted by Gasteiger charge is -2.35. The second-order valence-corrected chi connectivity index (χ2v) is 6.91. The molecule has 0 radical (unpaired) electrons. The molecule has 0 saturated heterocycles. The first-order valence-electron chi connectivity index (χ1n) is 9.05. The predicted octanol–water partition coefficient (Wildman–Crippen LogP) is 2.36. The molecule has 2 amide bonds. The number of nitrogens with one attached hydrogen (secondary N) is 2. The number of rotatable bonds is 8. The maximum atomic E-state index is 12.8. The molecular weight excluding hydrogens is 321 g/mol. The van der Waals surface area contributed by atoms with Crippen molar-refractivity contribution in [2.75, 3.05) is 19.6 Å². The van der Waals surface area contributed by atoms with Crippen LogP contribution in [0.3, 0.4) is 0 Å². The molecule has 138 valence electrons. The molecule has 2 rings (SSSR count). The molecule has 4 N–H and O–H groups in total. The zero-order valence-electron chi connectivity index (χ0n) is 14.7. The summed E-state index contributed by atoms with van der Waals surface area (Å²) in [7, 11) is 0. The average molecular weight is 349 g/mol. The predicted molar refractivity (Wildman–Crippen MR) is 95.5 cm³/mol. The van der Waals surface area contributed by atoms with E-state index >= 15 is 0 Å². The molecule has 25 heavy (non-hydrogen) atoms. The van der Waals surface area contributed by atoms with Crippen LogP contribution in [0.4, 0.5) is 4.39 Å². The lowest BCUT2D eigenvalue weighted by Crippen LogP contribution is -2.39. The maximum Gasteiger partial charge on any atom is 0.251 e. The van der Waals surface area contributed by atoms with E-state index in [2.05, 4.69) is 10.6 Å². The second kappa shape index (κ2) is 9.51. The maximum absolute atomic E-state index is 12.8. The monoisotopic (exact) mass is 349 g/mol. The van der Waals surface area contributed by atoms with Gasteiger partial charge in [0.2, 0.25) is 5.91 Å². The number of benzene rings is 1. The minimum atomic E-state index is -0.368. The molecule has 5 nitrogen and oxygen atoms in total. The fourth-order valence-electron chi connectivity index (χ4n) is 3.38. The number of hydrogen-bond acceptors (Lipinski definition) is 3. The molecule has 1 aromatic rings. The number of nitrogens with two attached hydrogens (primary N) is 1. The third-order valence-electron chi connectivity index (χ3n) is 4.95. The molecule has 0 aromatic heterocycles. The van der Waals surface area contributed by atoms with Gasteiger partial charge in [-0.15, -0.1) is 0 Å². The molecule has 0 spiro atoms. The van der Waals surface area contributed by atoms with Gasteiger partial charge in [-0.2, -0.15) is 0 Å². The van der Waals surface area contributed by atoms with Crippen molar-refractivity contribution in [1.29, 1.82) is 0 Å². The molecule has 1 aliphatic rings. The number of carbonyl (C=O) groups excluding carboxylic acids is 2. The quantitative estimate of drug-likeness (QED) is 0.630. The van der Waals surface area contributed by atoms with Crippen LogP contribution in [0.25, 0.3) is 0 Å². The summed E-state index contributed by atoms with van der Waals surface area (Å²) < 4.78 is 12.8. The molecular formula is C19H28FN3O2. The second-order valence-electron chi connectivity index (χ2n) is 6.91. The van der Waals surface area contributed by atoms with Gasteiger partial charge in [0.15, 0.2) is 0 Å². The summed E-state index contributed by atoms with van der Waals surface area (Å²) in [5.74, 6) is -0.569. The van der Waals surface area contributed by atoms with E-state index in [1.165, 1.54) is 30.7 Å². The van der Waals surface area contributed by atoms with E-state index in [4.69, 9.17) is 5.73 Å². The Morgan fingerprint density at radius 3 is 2.32 bits per heavy atom. The highest BCUT2D eigenvalue weighted by Crippen LogP contribution is 2.38. The van der Waals surface area contributed by atoms with Crippen LogP contribution < -0.4 is 16.4 Å². The molecule has 0 atom stereocenters. The molecule has 1 fully saturated rings. The van der Waals surface area contributed by atoms with Crippen LogP contribution >= 0.6 is 0 Å². The Bertz CT molecular complexity index is 569. The highest BCUT2D eigenvalue weighted by atomic mass is 19.1. The van der Waals surface area contributed by atoms with Crippen LogP contribution in [0.15, 0.2) is 24.3 Å². The van der Waals surface area contributed by atoms with Crippen LogP contribution in [-0.2, 0) is 4.79 Å². The van der Waals surface area contributed by atoms with Crippen LogP contribution in [-0.4, -0.2) is 31.4 Å². The Labute approximate surface area is 148 Å². The van der Waals surface area contributed by atoms with Crippen molar-refractivity contribution in [3.63, 3.8) is 0 Å². The molecule has 1 saturated carbocycles. The summed E-state index contributed by atoms with van der Waals surface area (Å²) in [6, 6.07) is 5.41. The molecule has 6 heteroatoms. The van der Waals surface area contributed by atoms with Gasteiger partial charge in [-0.3, -0.25) is 9.59 Å². The molecule has 1 aromatic carbocycles. The first-order valence-corrected chi connectivity index (χ1v) is 9.05. The molecule has 1 aliphatic carbocycles. The number of hydrogen-bond donors (Lipinski definition) is 3. The van der Waals surface area contributed by atoms with Crippen molar-refractivity contribution < 1.29 is 14.0 Å². The van der Waals surface area contributed by atoms with Crippen molar-refractivity contribution in [3.05, 3.63) is 35.6 Å². The minimum Gasteiger partial charge on any atom is -0.356 e. The van der Waals surface area contributed by atoms with Crippen LogP contribution in [0.5, 0.6) is 0 Å². The standard InChI is InChI=1S/C19H28FN3O2/c20-16-7-5-15(6-8-16)18(25)23-12-4-11-22-17(24)13-19(14-21)9-2-1-3-10-19/h5-8H,1-4,9-14,21H2,(H,22,24)(H,23,25). The van der Waals surface area contributed by atoms with Gasteiger partial charge in [0.05, 0.1) is 0 Å². The Balaban J connectivity index is 1.63. The third-order valence-corrected chi connectivity index (χ3v) is 4.95. The summed E-state index contributed by atoms with van der Waals surface area (Å²) >= 11 is 0. The van der Waals surface area contributed by atoms with Crippen molar-refractivity contribution in [3.8, 4) is 0 Å². The summed E-state index contributed by atoms with van der Waals surface area (Å²) in [6.07, 6.45) is 6.74. The normalized spacial score (nSPS) is 16.2. The summed E-state index contributed by atoms with van der Waals surface area (Å²) in [6.45, 7) is 1.54. The van der Waals surface area contributed by atoms with Gasteiger partial charge in [0, 0.05) is 25.1 Å². The largest absolute Gasteiger partial charge is 0.356 e. The van der Waals surface area contributed by atoms with E-state index in [-0.39, 0.29) is 23.0 Å². The Morgan fingerprint density at radius 2 is 1.68 bits per heavy atom. The highest BCUT2D eigenvalue weighted by molar-refractivity contribution is 5.94. The topological polar surface area (TPSA) is 84.2 Å². The van der Waals surface area contributed by atoms with Gasteiger partial charge < -0.3 is 16.4 Å². The van der Waals surface area contributed by atoms with Gasteiger partial charge >= 0.3 is 0 Å². The van der Waals surface area contributed by atoms with E-state index in [9.17, 15) is 14.0 Å². The van der Waals surface area contributed by atoms with Crippen molar-refractivity contribution >= 4 is 11.8 Å². The smallest absolute Gasteiger partial charge is 0.251 e. The van der Waals surface area contributed by atoms with E-state index in [1.807, 2.05) is 0 Å². The number of amides is 2. The van der Waals surface area contributed by atoms with Gasteiger partial charge in [-0.05, 0) is 55.5 Å². The summed E-state index contributed by atoms with van der Waals surface area (Å²) in [5.41, 5.74) is 6.30. The van der Waals surface area contributed by atoms with E-state index in [1.54, 1.807) is 0 Å². The average Bonchev–Trinajstić information content (AvgIpc) is 2.62. The van der Waals surface area contributed by atoms with Crippen molar-refractivity contribution in [2.24, 2.45) is 11.1 Å². The van der Waals surface area contributed by atoms with Crippen LogP contribution in [0.1, 0.15) is 55.3 Å². The van der Waals surface area contributed by atoms with Gasteiger partial charge in [0.25, 0.3) is 5.91 Å². The molecule has 0 unspecified atom stereocenters.